The van der Waals surface area contributed by atoms with E-state index in [1.165, 1.54) is 12.8 Å². The monoisotopic (exact) mass is 411 g/mol. The molecule has 0 aliphatic carbocycles. The van der Waals surface area contributed by atoms with Crippen LogP contribution < -0.4 is 10.6 Å². The lowest BCUT2D eigenvalue weighted by molar-refractivity contribution is 0.116. The summed E-state index contributed by atoms with van der Waals surface area (Å²) in [6.07, 6.45) is 2.46. The van der Waals surface area contributed by atoms with Gasteiger partial charge in [0, 0.05) is 45.8 Å². The van der Waals surface area contributed by atoms with Crippen molar-refractivity contribution in [2.24, 2.45) is 10.9 Å². The number of hydrogen-bond donors (Lipinski definition) is 2. The van der Waals surface area contributed by atoms with Gasteiger partial charge in [0.05, 0.1) is 0 Å². The summed E-state index contributed by atoms with van der Waals surface area (Å²) < 4.78 is 0. The maximum absolute atomic E-state index is 4.30. The molecule has 5 nitrogen and oxygen atoms in total. The molecule has 0 saturated carbocycles. The summed E-state index contributed by atoms with van der Waals surface area (Å²) in [5, 5.41) is 6.85. The largest absolute Gasteiger partial charge is 0.356 e. The smallest absolute Gasteiger partial charge is 0.191 e. The standard InChI is InChI=1S/C15H33N5.HI/c1-13(2)7-6-8-17-15(16-3)18-11-14-12-19(4)9-10-20(14)5;/h13-14H,6-12H2,1-5H3,(H2,16,17,18);1H. The fourth-order valence-electron chi connectivity index (χ4n) is 2.47. The first kappa shape index (κ1) is 20.9. The second-order valence-electron chi connectivity index (χ2n) is 6.31. The lowest BCUT2D eigenvalue weighted by Crippen LogP contribution is -2.55. The fourth-order valence-corrected chi connectivity index (χ4v) is 2.47. The molecule has 0 spiro atoms. The molecule has 1 aliphatic heterocycles. The van der Waals surface area contributed by atoms with Crippen molar-refractivity contribution < 1.29 is 0 Å². The van der Waals surface area contributed by atoms with Crippen molar-refractivity contribution >= 4 is 29.9 Å². The van der Waals surface area contributed by atoms with Crippen molar-refractivity contribution in [3.63, 3.8) is 0 Å². The second-order valence-corrected chi connectivity index (χ2v) is 6.31. The van der Waals surface area contributed by atoms with Crippen LogP contribution in [0, 0.1) is 5.92 Å². The van der Waals surface area contributed by atoms with Gasteiger partial charge >= 0.3 is 0 Å². The van der Waals surface area contributed by atoms with Gasteiger partial charge in [-0.15, -0.1) is 24.0 Å². The Kier molecular flexibility index (Phi) is 11.4. The quantitative estimate of drug-likeness (QED) is 0.301. The molecule has 0 aromatic carbocycles. The number of nitrogens with zero attached hydrogens (tertiary/aromatic N) is 3. The summed E-state index contributed by atoms with van der Waals surface area (Å²) >= 11 is 0. The summed E-state index contributed by atoms with van der Waals surface area (Å²) in [5.41, 5.74) is 0. The predicted octanol–water partition coefficient (Wildman–Crippen LogP) is 1.45. The summed E-state index contributed by atoms with van der Waals surface area (Å²) in [6.45, 7) is 9.90. The Balaban J connectivity index is 0.00000400. The Morgan fingerprint density at radius 3 is 2.57 bits per heavy atom. The molecule has 1 rings (SSSR count). The van der Waals surface area contributed by atoms with Crippen LogP contribution in [0.2, 0.25) is 0 Å². The number of piperazine rings is 1. The van der Waals surface area contributed by atoms with Gasteiger partial charge in [0.15, 0.2) is 5.96 Å². The highest BCUT2D eigenvalue weighted by Crippen LogP contribution is 2.04. The molecule has 0 bridgehead atoms. The molecule has 2 N–H and O–H groups in total. The first-order valence-corrected chi connectivity index (χ1v) is 7.86. The van der Waals surface area contributed by atoms with Gasteiger partial charge < -0.3 is 15.5 Å². The second kappa shape index (κ2) is 11.5. The molecule has 0 radical (unpaired) electrons. The van der Waals surface area contributed by atoms with Crippen molar-refractivity contribution in [2.45, 2.75) is 32.7 Å². The molecule has 6 heteroatoms. The van der Waals surface area contributed by atoms with Crippen LogP contribution in [0.1, 0.15) is 26.7 Å². The van der Waals surface area contributed by atoms with Crippen molar-refractivity contribution in [1.29, 1.82) is 0 Å². The number of aliphatic imine (C=N–C) groups is 1. The molecular weight excluding hydrogens is 377 g/mol. The van der Waals surface area contributed by atoms with Crippen LogP contribution in [0.4, 0.5) is 0 Å². The summed E-state index contributed by atoms with van der Waals surface area (Å²) in [6, 6.07) is 0.558. The molecule has 21 heavy (non-hydrogen) atoms. The van der Waals surface area contributed by atoms with E-state index in [1.807, 2.05) is 7.05 Å². The highest BCUT2D eigenvalue weighted by atomic mass is 127. The van der Waals surface area contributed by atoms with E-state index >= 15 is 0 Å². The van der Waals surface area contributed by atoms with E-state index in [9.17, 15) is 0 Å². The molecule has 1 aliphatic rings. The van der Waals surface area contributed by atoms with Crippen LogP contribution in [-0.4, -0.2) is 75.7 Å². The minimum Gasteiger partial charge on any atom is -0.356 e. The van der Waals surface area contributed by atoms with Gasteiger partial charge in [0.25, 0.3) is 0 Å². The normalized spacial score (nSPS) is 21.2. The molecule has 0 aromatic heterocycles. The van der Waals surface area contributed by atoms with Gasteiger partial charge in [-0.3, -0.25) is 9.89 Å². The number of likely N-dealkylation sites (N-methyl/N-ethyl adjacent to an activating group) is 2. The number of rotatable bonds is 6. The molecule has 1 unspecified atom stereocenters. The van der Waals surface area contributed by atoms with Crippen molar-refractivity contribution in [3.05, 3.63) is 0 Å². The predicted molar refractivity (Wildman–Crippen MR) is 103 cm³/mol. The molecule has 0 amide bonds. The molecule has 1 fully saturated rings. The van der Waals surface area contributed by atoms with Gasteiger partial charge in [-0.05, 0) is 32.9 Å². The van der Waals surface area contributed by atoms with E-state index in [1.54, 1.807) is 0 Å². The van der Waals surface area contributed by atoms with Gasteiger partial charge in [-0.2, -0.15) is 0 Å². The maximum atomic E-state index is 4.30. The number of halogens is 1. The summed E-state index contributed by atoms with van der Waals surface area (Å²) in [5.74, 6) is 1.70. The average molecular weight is 411 g/mol. The minimum absolute atomic E-state index is 0. The SMILES string of the molecule is CN=C(NCCCC(C)C)NCC1CN(C)CCN1C.I. The van der Waals surface area contributed by atoms with Crippen LogP contribution in [0.15, 0.2) is 4.99 Å². The average Bonchev–Trinajstić information content (AvgIpc) is 2.41. The summed E-state index contributed by atoms with van der Waals surface area (Å²) in [7, 11) is 6.24. The van der Waals surface area contributed by atoms with Gasteiger partial charge in [0.1, 0.15) is 0 Å². The first-order chi connectivity index (χ1) is 9.52. The van der Waals surface area contributed by atoms with Crippen LogP contribution in [0.25, 0.3) is 0 Å². The first-order valence-electron chi connectivity index (χ1n) is 7.86. The van der Waals surface area contributed by atoms with Gasteiger partial charge in [0.2, 0.25) is 0 Å². The Labute approximate surface area is 148 Å². The third-order valence-corrected chi connectivity index (χ3v) is 3.96. The Bertz CT molecular complexity index is 296. The highest BCUT2D eigenvalue weighted by Gasteiger charge is 2.21. The zero-order valence-electron chi connectivity index (χ0n) is 14.4. The van der Waals surface area contributed by atoms with Crippen LogP contribution in [0.5, 0.6) is 0 Å². The van der Waals surface area contributed by atoms with Crippen LogP contribution in [0.3, 0.4) is 0 Å². The zero-order valence-corrected chi connectivity index (χ0v) is 16.7. The Morgan fingerprint density at radius 1 is 1.24 bits per heavy atom. The number of hydrogen-bond acceptors (Lipinski definition) is 3. The Morgan fingerprint density at radius 2 is 1.95 bits per heavy atom. The molecular formula is C15H34IN5. The van der Waals surface area contributed by atoms with E-state index in [0.29, 0.717) is 6.04 Å². The molecule has 1 atom stereocenters. The van der Waals surface area contributed by atoms with Crippen molar-refractivity contribution in [3.8, 4) is 0 Å². The van der Waals surface area contributed by atoms with Gasteiger partial charge in [-0.1, -0.05) is 13.8 Å². The van der Waals surface area contributed by atoms with Crippen LogP contribution >= 0.6 is 24.0 Å². The van der Waals surface area contributed by atoms with E-state index in [2.05, 4.69) is 53.4 Å². The number of nitrogens with one attached hydrogen (secondary N) is 2. The Hall–Kier alpha value is -0.0800. The van der Waals surface area contributed by atoms with Gasteiger partial charge in [-0.25, -0.2) is 0 Å². The van der Waals surface area contributed by atoms with Crippen molar-refractivity contribution in [1.82, 2.24) is 20.4 Å². The topological polar surface area (TPSA) is 42.9 Å². The molecule has 1 saturated heterocycles. The third-order valence-electron chi connectivity index (χ3n) is 3.96. The van der Waals surface area contributed by atoms with Crippen LogP contribution in [-0.2, 0) is 0 Å². The highest BCUT2D eigenvalue weighted by molar-refractivity contribution is 14.0. The third kappa shape index (κ3) is 8.83. The van der Waals surface area contributed by atoms with E-state index in [0.717, 1.165) is 44.6 Å². The van der Waals surface area contributed by atoms with E-state index in [4.69, 9.17) is 0 Å². The maximum Gasteiger partial charge on any atom is 0.191 e. The van der Waals surface area contributed by atoms with E-state index < -0.39 is 0 Å². The lowest BCUT2D eigenvalue weighted by atomic mass is 10.1. The minimum atomic E-state index is 0. The van der Waals surface area contributed by atoms with Crippen molar-refractivity contribution in [2.75, 3.05) is 53.9 Å². The fraction of sp³-hybridized carbons (Fsp3) is 0.933. The molecule has 126 valence electrons. The molecule has 1 heterocycles. The summed E-state index contributed by atoms with van der Waals surface area (Å²) in [4.78, 5) is 9.12. The lowest BCUT2D eigenvalue weighted by Gasteiger charge is -2.37. The number of guanidine groups is 1. The van der Waals surface area contributed by atoms with E-state index in [-0.39, 0.29) is 24.0 Å². The zero-order chi connectivity index (χ0) is 15.0. The molecule has 0 aromatic rings.